The number of hydrogen-bond acceptors (Lipinski definition) is 12. The number of imide groups is 1. The number of aliphatic hydroxyl groups is 2. The number of carbonyl (C=O) groups excluding carboxylic acids is 3. The molecule has 3 saturated heterocycles. The number of nitrogens with two attached hydrogens (primary N) is 2. The molecule has 202 valence electrons. The van der Waals surface area contributed by atoms with Crippen LogP contribution in [0.1, 0.15) is 30.7 Å². The summed E-state index contributed by atoms with van der Waals surface area (Å²) in [5, 5.41) is 25.9. The highest BCUT2D eigenvalue weighted by Gasteiger charge is 2.74. The predicted octanol–water partition coefficient (Wildman–Crippen LogP) is -2.19. The first-order valence-electron chi connectivity index (χ1n) is 12.6. The van der Waals surface area contributed by atoms with Crippen molar-refractivity contribution in [1.29, 1.82) is 0 Å². The van der Waals surface area contributed by atoms with Gasteiger partial charge in [-0.3, -0.25) is 14.5 Å². The SMILES string of the molecule is NC1=N[C@H]2C(CN3C(=O)CCC3=O)N=C(N)N3CC(OC(=O)N4CCC(c5ccccc5)C4)C(O)(O)[C@]23N1. The maximum Gasteiger partial charge on any atom is 0.410 e. The molecule has 5 atom stereocenters. The smallest absolute Gasteiger partial charge is 0.410 e. The van der Waals surface area contributed by atoms with E-state index in [9.17, 15) is 24.6 Å². The Kier molecular flexibility index (Phi) is 5.50. The average Bonchev–Trinajstić information content (AvgIpc) is 3.64. The van der Waals surface area contributed by atoms with Crippen molar-refractivity contribution < 1.29 is 29.3 Å². The van der Waals surface area contributed by atoms with Crippen LogP contribution in [0.3, 0.4) is 0 Å². The molecule has 5 aliphatic rings. The molecular formula is C24H30N8O6. The molecule has 7 N–H and O–H groups in total. The van der Waals surface area contributed by atoms with E-state index in [-0.39, 0.29) is 55.6 Å². The van der Waals surface area contributed by atoms with Crippen LogP contribution < -0.4 is 16.8 Å². The van der Waals surface area contributed by atoms with Gasteiger partial charge in [0.25, 0.3) is 0 Å². The molecule has 1 aromatic rings. The minimum atomic E-state index is -2.70. The van der Waals surface area contributed by atoms with Crippen LogP contribution in [0.2, 0.25) is 0 Å². The van der Waals surface area contributed by atoms with E-state index in [1.54, 1.807) is 0 Å². The van der Waals surface area contributed by atoms with Crippen LogP contribution in [0.15, 0.2) is 40.3 Å². The van der Waals surface area contributed by atoms with E-state index < -0.39 is 35.7 Å². The third-order valence-corrected chi connectivity index (χ3v) is 8.23. The van der Waals surface area contributed by atoms with Gasteiger partial charge >= 0.3 is 6.09 Å². The van der Waals surface area contributed by atoms with E-state index in [0.717, 1.165) is 16.9 Å². The fraction of sp³-hybridized carbons (Fsp3) is 0.542. The number of amides is 3. The highest BCUT2D eigenvalue weighted by molar-refractivity contribution is 6.02. The summed E-state index contributed by atoms with van der Waals surface area (Å²) in [6, 6.07) is 7.92. The topological polar surface area (TPSA) is 199 Å². The summed E-state index contributed by atoms with van der Waals surface area (Å²) >= 11 is 0. The molecule has 5 aliphatic heterocycles. The van der Waals surface area contributed by atoms with E-state index >= 15 is 0 Å². The van der Waals surface area contributed by atoms with Gasteiger partial charge in [0, 0.05) is 31.8 Å². The number of guanidine groups is 2. The van der Waals surface area contributed by atoms with Crippen molar-refractivity contribution in [2.45, 2.75) is 54.8 Å². The number of carbonyl (C=O) groups is 3. The molecular weight excluding hydrogens is 496 g/mol. The Labute approximate surface area is 217 Å². The third-order valence-electron chi connectivity index (χ3n) is 8.23. The summed E-state index contributed by atoms with van der Waals surface area (Å²) in [6.07, 6.45) is -1.16. The molecule has 0 aliphatic carbocycles. The van der Waals surface area contributed by atoms with Gasteiger partial charge in [-0.1, -0.05) is 30.3 Å². The van der Waals surface area contributed by atoms with Gasteiger partial charge in [0.05, 0.1) is 19.1 Å². The minimum Gasteiger partial charge on any atom is -0.438 e. The fourth-order valence-electron chi connectivity index (χ4n) is 6.30. The summed E-state index contributed by atoms with van der Waals surface area (Å²) < 4.78 is 5.66. The molecule has 5 heterocycles. The summed E-state index contributed by atoms with van der Waals surface area (Å²) in [4.78, 5) is 50.4. The molecule has 0 radical (unpaired) electrons. The summed E-state index contributed by atoms with van der Waals surface area (Å²) in [7, 11) is 0. The Morgan fingerprint density at radius 1 is 1.11 bits per heavy atom. The molecule has 3 unspecified atom stereocenters. The molecule has 0 aromatic heterocycles. The van der Waals surface area contributed by atoms with Gasteiger partial charge in [-0.25, -0.2) is 14.8 Å². The van der Waals surface area contributed by atoms with E-state index in [1.165, 1.54) is 9.80 Å². The first-order valence-corrected chi connectivity index (χ1v) is 12.6. The monoisotopic (exact) mass is 526 g/mol. The van der Waals surface area contributed by atoms with Crippen LogP contribution in [0.4, 0.5) is 4.79 Å². The second-order valence-corrected chi connectivity index (χ2v) is 10.4. The molecule has 0 bridgehead atoms. The fourth-order valence-corrected chi connectivity index (χ4v) is 6.30. The van der Waals surface area contributed by atoms with Crippen molar-refractivity contribution in [2.24, 2.45) is 21.5 Å². The summed E-state index contributed by atoms with van der Waals surface area (Å²) in [6.45, 7) is 0.565. The lowest BCUT2D eigenvalue weighted by molar-refractivity contribution is -0.257. The van der Waals surface area contributed by atoms with Crippen LogP contribution in [-0.4, -0.2) is 111 Å². The summed E-state index contributed by atoms with van der Waals surface area (Å²) in [5.74, 6) is -3.43. The molecule has 1 aromatic carbocycles. The number of aliphatic imine (C=N–C) groups is 2. The van der Waals surface area contributed by atoms with E-state index in [0.29, 0.717) is 13.1 Å². The van der Waals surface area contributed by atoms with E-state index in [4.69, 9.17) is 16.2 Å². The minimum absolute atomic E-state index is 0.0842. The second kappa shape index (κ2) is 8.56. The molecule has 1 spiro atoms. The van der Waals surface area contributed by atoms with Gasteiger partial charge < -0.3 is 41.5 Å². The molecule has 38 heavy (non-hydrogen) atoms. The van der Waals surface area contributed by atoms with Crippen LogP contribution in [0.25, 0.3) is 0 Å². The second-order valence-electron chi connectivity index (χ2n) is 10.4. The predicted molar refractivity (Wildman–Crippen MR) is 132 cm³/mol. The van der Waals surface area contributed by atoms with E-state index in [1.807, 2.05) is 30.3 Å². The van der Waals surface area contributed by atoms with Crippen LogP contribution in [-0.2, 0) is 14.3 Å². The quantitative estimate of drug-likeness (QED) is 0.212. The van der Waals surface area contributed by atoms with Crippen molar-refractivity contribution in [3.05, 3.63) is 35.9 Å². The number of nitrogens with one attached hydrogen (secondary N) is 1. The van der Waals surface area contributed by atoms with Crippen molar-refractivity contribution in [3.8, 4) is 0 Å². The molecule has 14 nitrogen and oxygen atoms in total. The van der Waals surface area contributed by atoms with Crippen LogP contribution in [0, 0.1) is 0 Å². The first-order chi connectivity index (χ1) is 18.1. The van der Waals surface area contributed by atoms with Crippen molar-refractivity contribution in [3.63, 3.8) is 0 Å². The molecule has 0 saturated carbocycles. The highest BCUT2D eigenvalue weighted by atomic mass is 16.6. The lowest BCUT2D eigenvalue weighted by Gasteiger charge is -2.48. The van der Waals surface area contributed by atoms with Crippen LogP contribution >= 0.6 is 0 Å². The zero-order chi connectivity index (χ0) is 26.8. The Balaban J connectivity index is 1.22. The maximum absolute atomic E-state index is 13.1. The molecule has 3 amide bonds. The van der Waals surface area contributed by atoms with Gasteiger partial charge in [-0.2, -0.15) is 0 Å². The van der Waals surface area contributed by atoms with Gasteiger partial charge in [-0.05, 0) is 12.0 Å². The Bertz CT molecular complexity index is 1220. The van der Waals surface area contributed by atoms with Crippen molar-refractivity contribution >= 4 is 29.8 Å². The molecule has 14 heteroatoms. The number of ether oxygens (including phenoxy) is 1. The van der Waals surface area contributed by atoms with Crippen molar-refractivity contribution in [1.82, 2.24) is 20.0 Å². The average molecular weight is 527 g/mol. The number of nitrogens with zero attached hydrogens (tertiary/aromatic N) is 5. The Morgan fingerprint density at radius 2 is 1.82 bits per heavy atom. The standard InChI is InChI=1S/C24H30N8O6/c25-20-28-19-15(11-31-17(33)6-7-18(31)34)27-21(26)32-12-16(24(36,37)23(19,32)29-20)38-22(35)30-9-8-14(10-30)13-4-2-1-3-5-13/h1-5,14-16,19,36-37H,6-12H2,(H2,26,27)(H3,25,28,29)/t14?,15?,16?,19-,23-/m0/s1. The Morgan fingerprint density at radius 3 is 2.53 bits per heavy atom. The summed E-state index contributed by atoms with van der Waals surface area (Å²) in [5.41, 5.74) is 11.5. The van der Waals surface area contributed by atoms with Crippen LogP contribution in [0.5, 0.6) is 0 Å². The lowest BCUT2D eigenvalue weighted by Crippen LogP contribution is -2.77. The zero-order valence-corrected chi connectivity index (χ0v) is 20.6. The lowest BCUT2D eigenvalue weighted by atomic mass is 9.85. The first kappa shape index (κ1) is 24.4. The third kappa shape index (κ3) is 3.50. The van der Waals surface area contributed by atoms with Gasteiger partial charge in [-0.15, -0.1) is 0 Å². The number of benzene rings is 1. The van der Waals surface area contributed by atoms with E-state index in [2.05, 4.69) is 15.3 Å². The highest BCUT2D eigenvalue weighted by Crippen LogP contribution is 2.46. The normalized spacial score (nSPS) is 33.6. The molecule has 6 rings (SSSR count). The maximum atomic E-state index is 13.1. The van der Waals surface area contributed by atoms with Gasteiger partial charge in [0.2, 0.25) is 17.6 Å². The number of likely N-dealkylation sites (tertiary alicyclic amines) is 2. The number of rotatable bonds is 4. The van der Waals surface area contributed by atoms with Gasteiger partial charge in [0.1, 0.15) is 6.04 Å². The van der Waals surface area contributed by atoms with Crippen molar-refractivity contribution in [2.75, 3.05) is 26.2 Å². The zero-order valence-electron chi connectivity index (χ0n) is 20.6. The molecule has 3 fully saturated rings. The largest absolute Gasteiger partial charge is 0.438 e. The van der Waals surface area contributed by atoms with Gasteiger partial charge in [0.15, 0.2) is 23.7 Å². The number of hydrogen-bond donors (Lipinski definition) is 5. The Hall–Kier alpha value is -3.91.